The molecule has 8 heteroatoms. The Morgan fingerprint density at radius 1 is 1.26 bits per heavy atom. The van der Waals surface area contributed by atoms with Crippen LogP contribution < -0.4 is 0 Å². The molecule has 8 nitrogen and oxygen atoms in total. The van der Waals surface area contributed by atoms with Crippen LogP contribution in [0.1, 0.15) is 34.5 Å². The summed E-state index contributed by atoms with van der Waals surface area (Å²) in [6, 6.07) is 7.76. The van der Waals surface area contributed by atoms with Crippen LogP contribution in [0.3, 0.4) is 0 Å². The Kier molecular flexibility index (Phi) is 3.76. The lowest BCUT2D eigenvalue weighted by Gasteiger charge is -2.29. The Morgan fingerprint density at radius 3 is 2.96 bits per heavy atom. The fraction of sp³-hybridized carbons (Fsp3) is 0.421. The van der Waals surface area contributed by atoms with Crippen molar-refractivity contribution in [3.8, 4) is 0 Å². The highest BCUT2D eigenvalue weighted by molar-refractivity contribution is 6.06. The second-order valence-corrected chi connectivity index (χ2v) is 7.44. The number of carbonyl (C=O) groups excluding carboxylic acids is 1. The first-order valence-corrected chi connectivity index (χ1v) is 9.27. The molecule has 2 N–H and O–H groups in total. The van der Waals surface area contributed by atoms with Gasteiger partial charge in [-0.15, -0.1) is 10.2 Å². The van der Waals surface area contributed by atoms with Crippen molar-refractivity contribution < 1.29 is 9.90 Å². The van der Waals surface area contributed by atoms with Gasteiger partial charge in [0.25, 0.3) is 5.91 Å². The Hall–Kier alpha value is -2.71. The van der Waals surface area contributed by atoms with Crippen LogP contribution in [-0.4, -0.2) is 66.8 Å². The summed E-state index contributed by atoms with van der Waals surface area (Å²) in [5.41, 5.74) is 1.67. The third-order valence-corrected chi connectivity index (χ3v) is 5.72. The van der Waals surface area contributed by atoms with E-state index < -0.39 is 0 Å². The molecule has 4 heterocycles. The highest BCUT2D eigenvalue weighted by Crippen LogP contribution is 2.31. The Labute approximate surface area is 156 Å². The maximum Gasteiger partial charge on any atom is 0.255 e. The molecular formula is C19H22N6O2. The molecule has 1 aromatic carbocycles. The molecule has 2 aromatic heterocycles. The first kappa shape index (κ1) is 16.5. The fourth-order valence-electron chi connectivity index (χ4n) is 4.32. The second-order valence-electron chi connectivity index (χ2n) is 7.44. The van der Waals surface area contributed by atoms with Crippen molar-refractivity contribution in [3.05, 3.63) is 47.7 Å². The van der Waals surface area contributed by atoms with E-state index in [1.54, 1.807) is 0 Å². The molecule has 3 aromatic rings. The van der Waals surface area contributed by atoms with Crippen LogP contribution in [0.4, 0.5) is 0 Å². The van der Waals surface area contributed by atoms with Crippen LogP contribution in [0.5, 0.6) is 0 Å². The number of hydrogen-bond acceptors (Lipinski definition) is 5. The molecule has 0 aliphatic carbocycles. The van der Waals surface area contributed by atoms with Crippen molar-refractivity contribution in [1.29, 1.82) is 0 Å². The number of carbonyl (C=O) groups is 1. The van der Waals surface area contributed by atoms with E-state index in [9.17, 15) is 9.90 Å². The average molecular weight is 366 g/mol. The zero-order chi connectivity index (χ0) is 18.5. The number of β-amino-alcohol motifs (C(OH)–C–C–N with tert-alkyl or cyclic N) is 1. The van der Waals surface area contributed by atoms with Crippen molar-refractivity contribution in [2.24, 2.45) is 0 Å². The van der Waals surface area contributed by atoms with Crippen LogP contribution in [0, 0.1) is 0 Å². The van der Waals surface area contributed by atoms with Crippen LogP contribution in [0.25, 0.3) is 10.9 Å². The smallest absolute Gasteiger partial charge is 0.255 e. The highest BCUT2D eigenvalue weighted by atomic mass is 16.3. The number of amides is 1. The number of likely N-dealkylation sites (N-methyl/N-ethyl adjacent to an activating group) is 1. The average Bonchev–Trinajstić information content (AvgIpc) is 3.38. The second kappa shape index (κ2) is 6.17. The van der Waals surface area contributed by atoms with Gasteiger partial charge in [0.1, 0.15) is 0 Å². The molecule has 0 saturated carbocycles. The van der Waals surface area contributed by atoms with Crippen molar-refractivity contribution in [1.82, 2.24) is 29.5 Å². The van der Waals surface area contributed by atoms with Crippen LogP contribution >= 0.6 is 0 Å². The lowest BCUT2D eigenvalue weighted by Crippen LogP contribution is -2.39. The van der Waals surface area contributed by atoms with E-state index in [0.717, 1.165) is 22.6 Å². The quantitative estimate of drug-likeness (QED) is 0.710. The molecule has 2 aliphatic rings. The van der Waals surface area contributed by atoms with Crippen molar-refractivity contribution in [2.75, 3.05) is 20.1 Å². The fourth-order valence-corrected chi connectivity index (χ4v) is 4.32. The van der Waals surface area contributed by atoms with E-state index in [1.807, 2.05) is 42.4 Å². The van der Waals surface area contributed by atoms with E-state index in [2.05, 4.69) is 24.6 Å². The van der Waals surface area contributed by atoms with E-state index in [4.69, 9.17) is 0 Å². The number of hydrogen-bond donors (Lipinski definition) is 2. The molecule has 2 aliphatic heterocycles. The number of H-pyrrole nitrogens is 1. The maximum absolute atomic E-state index is 13.1. The number of likely N-dealkylation sites (tertiary alicyclic amines) is 1. The Bertz CT molecular complexity index is 1010. The molecule has 140 valence electrons. The number of aromatic nitrogens is 4. The van der Waals surface area contributed by atoms with Gasteiger partial charge in [-0.2, -0.15) is 0 Å². The molecule has 0 bridgehead atoms. The molecule has 2 atom stereocenters. The molecule has 1 amide bonds. The number of nitrogens with one attached hydrogen (secondary N) is 1. The number of benzene rings is 1. The SMILES string of the molecule is CN1C[C@H](O)C[C@H]1c1nnc2n1CCN(C(=O)c1cccc3[nH]ccc13)C2. The summed E-state index contributed by atoms with van der Waals surface area (Å²) in [6.07, 6.45) is 2.20. The number of aromatic amines is 1. The summed E-state index contributed by atoms with van der Waals surface area (Å²) in [4.78, 5) is 20.2. The van der Waals surface area contributed by atoms with Gasteiger partial charge in [0.05, 0.1) is 18.7 Å². The van der Waals surface area contributed by atoms with Gasteiger partial charge >= 0.3 is 0 Å². The summed E-state index contributed by atoms with van der Waals surface area (Å²) >= 11 is 0. The monoisotopic (exact) mass is 366 g/mol. The molecule has 27 heavy (non-hydrogen) atoms. The normalized spacial score (nSPS) is 23.1. The first-order valence-electron chi connectivity index (χ1n) is 9.27. The third-order valence-electron chi connectivity index (χ3n) is 5.72. The highest BCUT2D eigenvalue weighted by Gasteiger charge is 2.35. The van der Waals surface area contributed by atoms with Gasteiger partial charge in [0, 0.05) is 42.3 Å². The largest absolute Gasteiger partial charge is 0.392 e. The Balaban J connectivity index is 1.41. The molecule has 5 rings (SSSR count). The summed E-state index contributed by atoms with van der Waals surface area (Å²) in [5.74, 6) is 1.72. The van der Waals surface area contributed by atoms with E-state index in [0.29, 0.717) is 38.2 Å². The summed E-state index contributed by atoms with van der Waals surface area (Å²) in [5, 5.41) is 19.6. The number of rotatable bonds is 2. The van der Waals surface area contributed by atoms with Gasteiger partial charge in [-0.25, -0.2) is 0 Å². The zero-order valence-electron chi connectivity index (χ0n) is 15.2. The molecule has 0 radical (unpaired) electrons. The van der Waals surface area contributed by atoms with Gasteiger partial charge < -0.3 is 19.6 Å². The minimum absolute atomic E-state index is 0.0180. The van der Waals surface area contributed by atoms with Crippen molar-refractivity contribution in [2.45, 2.75) is 31.7 Å². The number of nitrogens with zero attached hydrogens (tertiary/aromatic N) is 5. The topological polar surface area (TPSA) is 90.3 Å². The number of aliphatic hydroxyl groups excluding tert-OH is 1. The minimum Gasteiger partial charge on any atom is -0.392 e. The molecular weight excluding hydrogens is 344 g/mol. The minimum atomic E-state index is -0.323. The van der Waals surface area contributed by atoms with E-state index in [1.165, 1.54) is 0 Å². The summed E-state index contributed by atoms with van der Waals surface area (Å²) < 4.78 is 2.11. The van der Waals surface area contributed by atoms with Crippen LogP contribution in [0.15, 0.2) is 30.5 Å². The summed E-state index contributed by atoms with van der Waals surface area (Å²) in [7, 11) is 2.00. The molecule has 0 unspecified atom stereocenters. The number of aliphatic hydroxyl groups is 1. The summed E-state index contributed by atoms with van der Waals surface area (Å²) in [6.45, 7) is 2.40. The van der Waals surface area contributed by atoms with Gasteiger partial charge in [0.15, 0.2) is 11.6 Å². The van der Waals surface area contributed by atoms with E-state index in [-0.39, 0.29) is 18.1 Å². The predicted molar refractivity (Wildman–Crippen MR) is 99.1 cm³/mol. The van der Waals surface area contributed by atoms with E-state index >= 15 is 0 Å². The van der Waals surface area contributed by atoms with Gasteiger partial charge in [-0.05, 0) is 31.7 Å². The van der Waals surface area contributed by atoms with Gasteiger partial charge in [0.2, 0.25) is 0 Å². The van der Waals surface area contributed by atoms with Crippen LogP contribution in [0.2, 0.25) is 0 Å². The number of fused-ring (bicyclic) bond motifs is 2. The lowest BCUT2D eigenvalue weighted by atomic mass is 10.1. The Morgan fingerprint density at radius 2 is 2.15 bits per heavy atom. The van der Waals surface area contributed by atoms with Crippen LogP contribution in [-0.2, 0) is 13.1 Å². The molecule has 1 saturated heterocycles. The van der Waals surface area contributed by atoms with Crippen molar-refractivity contribution >= 4 is 16.8 Å². The van der Waals surface area contributed by atoms with Crippen molar-refractivity contribution in [3.63, 3.8) is 0 Å². The predicted octanol–water partition coefficient (Wildman–Crippen LogP) is 1.15. The lowest BCUT2D eigenvalue weighted by molar-refractivity contribution is 0.0707. The van der Waals surface area contributed by atoms with Gasteiger partial charge in [-0.3, -0.25) is 9.69 Å². The zero-order valence-corrected chi connectivity index (χ0v) is 15.2. The molecule has 0 spiro atoms. The maximum atomic E-state index is 13.1. The first-order chi connectivity index (χ1) is 13.1. The third kappa shape index (κ3) is 2.64. The van der Waals surface area contributed by atoms with Gasteiger partial charge in [-0.1, -0.05) is 6.07 Å². The molecule has 1 fully saturated rings. The standard InChI is InChI=1S/C19H22N6O2/c1-23-10-12(26)9-16(23)18-22-21-17-11-24(7-8-25(17)18)19(27)14-3-2-4-15-13(14)5-6-20-15/h2-6,12,16,20,26H,7-11H2,1H3/t12-,16+/m1/s1.